The van der Waals surface area contributed by atoms with Crippen LogP contribution < -0.4 is 5.32 Å². The highest BCUT2D eigenvalue weighted by Crippen LogP contribution is 2.35. The van der Waals surface area contributed by atoms with Gasteiger partial charge in [-0.15, -0.1) is 0 Å². The first-order valence-electron chi connectivity index (χ1n) is 11.1. The van der Waals surface area contributed by atoms with E-state index in [2.05, 4.69) is 5.32 Å². The van der Waals surface area contributed by atoms with Crippen molar-refractivity contribution in [2.45, 2.75) is 89.6 Å². The summed E-state index contributed by atoms with van der Waals surface area (Å²) in [6.07, 6.45) is 8.38. The van der Waals surface area contributed by atoms with Gasteiger partial charge < -0.3 is 20.3 Å². The Kier molecular flexibility index (Phi) is 7.93. The molecule has 9 heteroatoms. The standard InChI is InChI=1S/C21H33N3O5S/c1-2-29-16(25)13-22-18(30)17-19(26)23(14-9-5-3-6-10-14)21(28)24(20(17)27)15-11-7-4-8-12-15/h14-15,21,26,28H,2-13H2,1H3,(H,22,30). The van der Waals surface area contributed by atoms with E-state index in [1.807, 2.05) is 0 Å². The molecule has 168 valence electrons. The van der Waals surface area contributed by atoms with Crippen molar-refractivity contribution in [3.8, 4) is 0 Å². The summed E-state index contributed by atoms with van der Waals surface area (Å²) in [6.45, 7) is 1.77. The summed E-state index contributed by atoms with van der Waals surface area (Å²) < 4.78 is 4.90. The van der Waals surface area contributed by atoms with E-state index in [0.717, 1.165) is 64.2 Å². The van der Waals surface area contributed by atoms with Crippen LogP contribution in [0.15, 0.2) is 11.5 Å². The number of rotatable bonds is 6. The van der Waals surface area contributed by atoms with Crippen molar-refractivity contribution in [1.82, 2.24) is 15.1 Å². The van der Waals surface area contributed by atoms with Crippen LogP contribution in [0.3, 0.4) is 0 Å². The lowest BCUT2D eigenvalue weighted by molar-refractivity contribution is -0.179. The predicted octanol–water partition coefficient (Wildman–Crippen LogP) is 2.32. The lowest BCUT2D eigenvalue weighted by Crippen LogP contribution is -2.62. The second kappa shape index (κ2) is 10.4. The zero-order valence-corrected chi connectivity index (χ0v) is 18.5. The lowest BCUT2D eigenvalue weighted by atomic mass is 9.91. The number of hydrogen-bond donors (Lipinski definition) is 3. The Morgan fingerprint density at radius 2 is 1.60 bits per heavy atom. The van der Waals surface area contributed by atoms with Crippen LogP contribution in [0, 0.1) is 0 Å². The van der Waals surface area contributed by atoms with Crippen molar-refractivity contribution >= 4 is 29.1 Å². The van der Waals surface area contributed by atoms with Gasteiger partial charge in [-0.3, -0.25) is 19.4 Å². The first-order chi connectivity index (χ1) is 14.5. The number of ether oxygens (including phenoxy) is 1. The maximum Gasteiger partial charge on any atom is 0.325 e. The monoisotopic (exact) mass is 439 g/mol. The van der Waals surface area contributed by atoms with Gasteiger partial charge in [0.05, 0.1) is 6.61 Å². The van der Waals surface area contributed by atoms with E-state index in [0.29, 0.717) is 0 Å². The second-order valence-electron chi connectivity index (χ2n) is 8.24. The first kappa shape index (κ1) is 22.8. The molecule has 1 amide bonds. The number of aliphatic hydroxyl groups excluding tert-OH is 2. The summed E-state index contributed by atoms with van der Waals surface area (Å²) >= 11 is 5.39. The summed E-state index contributed by atoms with van der Waals surface area (Å²) in [6, 6.07) is -0.154. The fourth-order valence-electron chi connectivity index (χ4n) is 4.79. The third kappa shape index (κ3) is 4.88. The van der Waals surface area contributed by atoms with Gasteiger partial charge in [-0.2, -0.15) is 0 Å². The van der Waals surface area contributed by atoms with Crippen molar-refractivity contribution in [2.24, 2.45) is 0 Å². The van der Waals surface area contributed by atoms with Gasteiger partial charge in [-0.05, 0) is 32.6 Å². The normalized spacial score (nSPS) is 24.2. The highest BCUT2D eigenvalue weighted by molar-refractivity contribution is 7.80. The fourth-order valence-corrected chi connectivity index (χ4v) is 5.04. The number of thiocarbonyl (C=S) groups is 1. The Morgan fingerprint density at radius 3 is 2.13 bits per heavy atom. The Bertz CT molecular complexity index is 686. The Balaban J connectivity index is 1.89. The molecule has 30 heavy (non-hydrogen) atoms. The van der Waals surface area contributed by atoms with Gasteiger partial charge in [0.2, 0.25) is 12.2 Å². The van der Waals surface area contributed by atoms with E-state index in [1.54, 1.807) is 11.8 Å². The highest BCUT2D eigenvalue weighted by Gasteiger charge is 2.46. The zero-order chi connectivity index (χ0) is 21.7. The summed E-state index contributed by atoms with van der Waals surface area (Å²) in [5.74, 6) is -1.27. The van der Waals surface area contributed by atoms with Crippen LogP contribution in [0.4, 0.5) is 0 Å². The molecule has 2 aliphatic carbocycles. The topological polar surface area (TPSA) is 102 Å². The highest BCUT2D eigenvalue weighted by atomic mass is 32.1. The van der Waals surface area contributed by atoms with Gasteiger partial charge in [-0.25, -0.2) is 0 Å². The van der Waals surface area contributed by atoms with E-state index in [4.69, 9.17) is 17.0 Å². The average Bonchev–Trinajstić information content (AvgIpc) is 2.74. The van der Waals surface area contributed by atoms with E-state index in [9.17, 15) is 19.8 Å². The minimum absolute atomic E-state index is 0.000859. The largest absolute Gasteiger partial charge is 0.494 e. The summed E-state index contributed by atoms with van der Waals surface area (Å²) in [5, 5.41) is 24.9. The van der Waals surface area contributed by atoms with Crippen molar-refractivity contribution in [2.75, 3.05) is 13.2 Å². The van der Waals surface area contributed by atoms with Crippen molar-refractivity contribution in [3.63, 3.8) is 0 Å². The van der Waals surface area contributed by atoms with E-state index in [-0.39, 0.29) is 41.7 Å². The maximum atomic E-state index is 13.4. The number of carbonyl (C=O) groups is 2. The molecule has 1 heterocycles. The molecule has 1 aliphatic heterocycles. The maximum absolute atomic E-state index is 13.4. The molecule has 0 spiro atoms. The summed E-state index contributed by atoms with van der Waals surface area (Å²) in [7, 11) is 0. The average molecular weight is 440 g/mol. The smallest absolute Gasteiger partial charge is 0.325 e. The predicted molar refractivity (Wildman–Crippen MR) is 115 cm³/mol. The van der Waals surface area contributed by atoms with Crippen LogP contribution in [0.25, 0.3) is 0 Å². The molecular formula is C21H33N3O5S. The fraction of sp³-hybridized carbons (Fsp3) is 0.762. The molecule has 2 fully saturated rings. The Morgan fingerprint density at radius 1 is 1.07 bits per heavy atom. The van der Waals surface area contributed by atoms with Crippen molar-refractivity contribution in [1.29, 1.82) is 0 Å². The molecule has 0 bridgehead atoms. The number of nitrogens with zero attached hydrogens (tertiary/aromatic N) is 2. The van der Waals surface area contributed by atoms with Crippen LogP contribution in [0.5, 0.6) is 0 Å². The molecule has 0 aromatic carbocycles. The third-order valence-electron chi connectivity index (χ3n) is 6.28. The van der Waals surface area contributed by atoms with Gasteiger partial charge in [-0.1, -0.05) is 50.7 Å². The van der Waals surface area contributed by atoms with E-state index < -0.39 is 18.2 Å². The molecule has 3 rings (SSSR count). The molecule has 3 aliphatic rings. The number of carbonyl (C=O) groups excluding carboxylic acids is 2. The molecule has 1 atom stereocenters. The molecule has 3 N–H and O–H groups in total. The van der Waals surface area contributed by atoms with Gasteiger partial charge >= 0.3 is 5.97 Å². The first-order valence-corrected chi connectivity index (χ1v) is 11.5. The molecule has 0 aromatic heterocycles. The minimum Gasteiger partial charge on any atom is -0.494 e. The minimum atomic E-state index is -1.21. The Hall–Kier alpha value is -1.87. The molecule has 0 aromatic rings. The number of nitrogens with one attached hydrogen (secondary N) is 1. The third-order valence-corrected chi connectivity index (χ3v) is 6.62. The number of hydrogen-bond acceptors (Lipinski definition) is 7. The van der Waals surface area contributed by atoms with Gasteiger partial charge in [0.15, 0.2) is 0 Å². The summed E-state index contributed by atoms with van der Waals surface area (Å²) in [5.41, 5.74) is -0.0456. The van der Waals surface area contributed by atoms with Crippen molar-refractivity contribution in [3.05, 3.63) is 11.5 Å². The van der Waals surface area contributed by atoms with Crippen molar-refractivity contribution < 1.29 is 24.5 Å². The van der Waals surface area contributed by atoms with Crippen LogP contribution >= 0.6 is 12.2 Å². The van der Waals surface area contributed by atoms with E-state index >= 15 is 0 Å². The summed E-state index contributed by atoms with van der Waals surface area (Å²) in [4.78, 5) is 28.1. The van der Waals surface area contributed by atoms with Gasteiger partial charge in [0.25, 0.3) is 5.91 Å². The van der Waals surface area contributed by atoms with Crippen LogP contribution in [0.2, 0.25) is 0 Å². The van der Waals surface area contributed by atoms with Gasteiger partial charge in [0.1, 0.15) is 17.1 Å². The quantitative estimate of drug-likeness (QED) is 0.428. The van der Waals surface area contributed by atoms with Crippen LogP contribution in [-0.4, -0.2) is 68.5 Å². The molecule has 1 unspecified atom stereocenters. The van der Waals surface area contributed by atoms with Crippen LogP contribution in [0.1, 0.15) is 71.1 Å². The lowest BCUT2D eigenvalue weighted by Gasteiger charge is -2.49. The molecule has 8 nitrogen and oxygen atoms in total. The Labute approximate surface area is 183 Å². The zero-order valence-electron chi connectivity index (χ0n) is 17.6. The van der Waals surface area contributed by atoms with Gasteiger partial charge in [0, 0.05) is 12.1 Å². The van der Waals surface area contributed by atoms with Crippen LogP contribution in [-0.2, 0) is 14.3 Å². The molecule has 2 saturated carbocycles. The SMILES string of the molecule is CCOC(=O)CNC(=S)C1=C(O)N(C2CCCCC2)C(O)N(C2CCCCC2)C1=O. The molecular weight excluding hydrogens is 406 g/mol. The van der Waals surface area contributed by atoms with E-state index in [1.165, 1.54) is 4.90 Å². The second-order valence-corrected chi connectivity index (χ2v) is 8.64. The number of amides is 1. The number of esters is 1. The molecule has 0 saturated heterocycles. The number of aliphatic hydroxyl groups is 2. The molecule has 0 radical (unpaired) electrons.